The van der Waals surface area contributed by atoms with Gasteiger partial charge in [0, 0.05) is 30.8 Å². The van der Waals surface area contributed by atoms with Crippen molar-refractivity contribution in [1.29, 1.82) is 0 Å². The summed E-state index contributed by atoms with van der Waals surface area (Å²) in [6, 6.07) is 3.22. The van der Waals surface area contributed by atoms with Crippen molar-refractivity contribution < 1.29 is 18.4 Å². The lowest BCUT2D eigenvalue weighted by Gasteiger charge is -2.37. The van der Waals surface area contributed by atoms with E-state index in [0.717, 1.165) is 30.3 Å². The molecule has 1 aliphatic rings. The largest absolute Gasteiger partial charge is 0.481 e. The molecule has 152 valence electrons. The Hall–Kier alpha value is -3.23. The maximum Gasteiger partial charge on any atom is 0.274 e. The number of pyridine rings is 1. The monoisotopic (exact) mass is 399 g/mol. The molecule has 0 spiro atoms. The number of aromatic amines is 1. The maximum absolute atomic E-state index is 14.2. The zero-order valence-electron chi connectivity index (χ0n) is 16.5. The minimum absolute atomic E-state index is 0.0326. The summed E-state index contributed by atoms with van der Waals surface area (Å²) in [6.45, 7) is 4.30. The summed E-state index contributed by atoms with van der Waals surface area (Å²) in [6.07, 6.45) is 4.43. The normalized spacial score (nSPS) is 19.4. The Kier molecular flexibility index (Phi) is 5.04. The van der Waals surface area contributed by atoms with Gasteiger partial charge in [-0.3, -0.25) is 4.79 Å². The van der Waals surface area contributed by atoms with E-state index in [0.29, 0.717) is 18.3 Å². The van der Waals surface area contributed by atoms with Crippen molar-refractivity contribution >= 4 is 5.91 Å². The highest BCUT2D eigenvalue weighted by atomic mass is 19.1. The molecule has 1 aliphatic heterocycles. The van der Waals surface area contributed by atoms with Crippen LogP contribution in [0.15, 0.2) is 29.0 Å². The van der Waals surface area contributed by atoms with Crippen LogP contribution < -0.4 is 4.74 Å². The second kappa shape index (κ2) is 7.65. The number of ether oxygens (including phenoxy) is 1. The highest BCUT2D eigenvalue weighted by Crippen LogP contribution is 2.31. The summed E-state index contributed by atoms with van der Waals surface area (Å²) in [5, 5.41) is 4.11. The van der Waals surface area contributed by atoms with Gasteiger partial charge in [0.2, 0.25) is 5.88 Å². The molecule has 3 aromatic rings. The van der Waals surface area contributed by atoms with Gasteiger partial charge in [0.05, 0.1) is 18.9 Å². The Morgan fingerprint density at radius 3 is 2.93 bits per heavy atom. The molecule has 0 aliphatic carbocycles. The molecule has 9 heteroatoms. The molecule has 0 saturated carbocycles. The van der Waals surface area contributed by atoms with Crippen LogP contribution in [0.25, 0.3) is 11.6 Å². The van der Waals surface area contributed by atoms with Gasteiger partial charge in [-0.05, 0) is 38.3 Å². The number of carbonyl (C=O) groups is 1. The maximum atomic E-state index is 14.2. The number of carbonyl (C=O) groups excluding carboxylic acids is 1. The number of methoxy groups -OCH3 is 1. The zero-order valence-corrected chi connectivity index (χ0v) is 16.5. The van der Waals surface area contributed by atoms with E-state index >= 15 is 0 Å². The lowest BCUT2D eigenvalue weighted by molar-refractivity contribution is 0.0599. The molecule has 2 atom stereocenters. The van der Waals surface area contributed by atoms with Gasteiger partial charge in [-0.15, -0.1) is 0 Å². The van der Waals surface area contributed by atoms with E-state index in [2.05, 4.69) is 20.1 Å². The SMILES string of the molecule is COc1cc(C(=O)N2CC(c3noc(-c4cc(C)c[nH]4)n3)CCC2C)c(F)cn1. The fourth-order valence-corrected chi connectivity index (χ4v) is 3.59. The summed E-state index contributed by atoms with van der Waals surface area (Å²) in [7, 11) is 1.42. The Balaban J connectivity index is 1.56. The van der Waals surface area contributed by atoms with E-state index in [1.165, 1.54) is 13.2 Å². The van der Waals surface area contributed by atoms with E-state index < -0.39 is 11.7 Å². The third-order valence-corrected chi connectivity index (χ3v) is 5.28. The number of piperidine rings is 1. The number of likely N-dealkylation sites (tertiary alicyclic amines) is 1. The second-order valence-corrected chi connectivity index (χ2v) is 7.34. The lowest BCUT2D eigenvalue weighted by Crippen LogP contribution is -2.45. The third-order valence-electron chi connectivity index (χ3n) is 5.28. The van der Waals surface area contributed by atoms with E-state index in [-0.39, 0.29) is 23.4 Å². The van der Waals surface area contributed by atoms with Gasteiger partial charge < -0.3 is 19.1 Å². The van der Waals surface area contributed by atoms with Crippen LogP contribution in [0, 0.1) is 12.7 Å². The first kappa shape index (κ1) is 19.1. The minimum Gasteiger partial charge on any atom is -0.481 e. The Bertz CT molecular complexity index is 1030. The molecular formula is C20H22FN5O3. The standard InChI is InChI=1S/C20H22FN5O3/c1-11-6-16(22-8-11)19-24-18(25-29-19)13-5-4-12(2)26(10-13)20(27)14-7-17(28-3)23-9-15(14)21/h6-9,12-13,22H,4-5,10H2,1-3H3. The number of nitrogens with one attached hydrogen (secondary N) is 1. The Morgan fingerprint density at radius 2 is 2.21 bits per heavy atom. The van der Waals surface area contributed by atoms with Gasteiger partial charge in [-0.25, -0.2) is 9.37 Å². The number of nitrogens with zero attached hydrogens (tertiary/aromatic N) is 4. The fraction of sp³-hybridized carbons (Fsp3) is 0.400. The molecule has 0 aromatic carbocycles. The van der Waals surface area contributed by atoms with Crippen molar-refractivity contribution in [2.24, 2.45) is 0 Å². The second-order valence-electron chi connectivity index (χ2n) is 7.34. The molecule has 0 bridgehead atoms. The molecule has 1 saturated heterocycles. The first-order valence-electron chi connectivity index (χ1n) is 9.45. The number of amides is 1. The van der Waals surface area contributed by atoms with Crippen molar-refractivity contribution in [2.75, 3.05) is 13.7 Å². The number of hydrogen-bond donors (Lipinski definition) is 1. The molecule has 2 unspecified atom stereocenters. The summed E-state index contributed by atoms with van der Waals surface area (Å²) in [5.74, 6) is -0.00652. The van der Waals surface area contributed by atoms with Crippen molar-refractivity contribution in [3.63, 3.8) is 0 Å². The van der Waals surface area contributed by atoms with E-state index in [1.54, 1.807) is 4.90 Å². The smallest absolute Gasteiger partial charge is 0.274 e. The summed E-state index contributed by atoms with van der Waals surface area (Å²) < 4.78 is 24.7. The van der Waals surface area contributed by atoms with Crippen LogP contribution in [0.2, 0.25) is 0 Å². The average Bonchev–Trinajstić information content (AvgIpc) is 3.37. The molecule has 1 amide bonds. The first-order valence-corrected chi connectivity index (χ1v) is 9.45. The summed E-state index contributed by atoms with van der Waals surface area (Å²) >= 11 is 0. The van der Waals surface area contributed by atoms with Gasteiger partial charge in [-0.2, -0.15) is 4.98 Å². The van der Waals surface area contributed by atoms with Crippen LogP contribution in [0.4, 0.5) is 4.39 Å². The number of aromatic nitrogens is 4. The van der Waals surface area contributed by atoms with Crippen LogP contribution in [-0.4, -0.2) is 50.6 Å². The molecular weight excluding hydrogens is 377 g/mol. The molecule has 1 fully saturated rings. The van der Waals surface area contributed by atoms with Crippen molar-refractivity contribution in [2.45, 2.75) is 38.6 Å². The number of halogens is 1. The number of H-pyrrole nitrogens is 1. The van der Waals surface area contributed by atoms with E-state index in [4.69, 9.17) is 9.26 Å². The first-order chi connectivity index (χ1) is 14.0. The number of aryl methyl sites for hydroxylation is 1. The van der Waals surface area contributed by atoms with Gasteiger partial charge in [0.1, 0.15) is 5.69 Å². The quantitative estimate of drug-likeness (QED) is 0.723. The van der Waals surface area contributed by atoms with Crippen LogP contribution in [-0.2, 0) is 0 Å². The van der Waals surface area contributed by atoms with Crippen LogP contribution >= 0.6 is 0 Å². The summed E-state index contributed by atoms with van der Waals surface area (Å²) in [5.41, 5.74) is 1.77. The molecule has 3 aromatic heterocycles. The lowest BCUT2D eigenvalue weighted by atomic mass is 9.92. The van der Waals surface area contributed by atoms with Gasteiger partial charge in [0.25, 0.3) is 11.8 Å². The number of hydrogen-bond acceptors (Lipinski definition) is 6. The number of rotatable bonds is 4. The zero-order chi connectivity index (χ0) is 20.5. The van der Waals surface area contributed by atoms with Crippen LogP contribution in [0.5, 0.6) is 5.88 Å². The van der Waals surface area contributed by atoms with Crippen molar-refractivity contribution in [3.05, 3.63) is 47.3 Å². The van der Waals surface area contributed by atoms with E-state index in [1.807, 2.05) is 26.1 Å². The van der Waals surface area contributed by atoms with Crippen LogP contribution in [0.3, 0.4) is 0 Å². The molecule has 1 N–H and O–H groups in total. The van der Waals surface area contributed by atoms with Crippen molar-refractivity contribution in [3.8, 4) is 17.5 Å². The predicted octanol–water partition coefficient (Wildman–Crippen LogP) is 3.32. The average molecular weight is 399 g/mol. The van der Waals surface area contributed by atoms with E-state index in [9.17, 15) is 9.18 Å². The van der Waals surface area contributed by atoms with Crippen molar-refractivity contribution in [1.82, 2.24) is 25.0 Å². The molecule has 0 radical (unpaired) electrons. The Labute approximate surface area is 167 Å². The summed E-state index contributed by atoms with van der Waals surface area (Å²) in [4.78, 5) is 26.1. The molecule has 4 rings (SSSR count). The van der Waals surface area contributed by atoms with Gasteiger partial charge in [-0.1, -0.05) is 5.16 Å². The highest BCUT2D eigenvalue weighted by Gasteiger charge is 2.34. The molecule has 29 heavy (non-hydrogen) atoms. The highest BCUT2D eigenvalue weighted by molar-refractivity contribution is 5.95. The van der Waals surface area contributed by atoms with Gasteiger partial charge >= 0.3 is 0 Å². The Morgan fingerprint density at radius 1 is 1.38 bits per heavy atom. The van der Waals surface area contributed by atoms with Crippen LogP contribution in [0.1, 0.15) is 47.4 Å². The predicted molar refractivity (Wildman–Crippen MR) is 102 cm³/mol. The minimum atomic E-state index is -0.672. The van der Waals surface area contributed by atoms with Gasteiger partial charge in [0.15, 0.2) is 11.6 Å². The molecule has 4 heterocycles. The topological polar surface area (TPSA) is 97.1 Å². The third kappa shape index (κ3) is 3.72. The molecule has 8 nitrogen and oxygen atoms in total. The fourth-order valence-electron chi connectivity index (χ4n) is 3.59.